The Kier molecular flexibility index (Phi) is 23.8. The number of hydrogen-bond acceptors (Lipinski definition) is 5. The minimum atomic E-state index is -2.24. The molecule has 4 aromatic carbocycles. The first kappa shape index (κ1) is 52.7. The lowest BCUT2D eigenvalue weighted by molar-refractivity contribution is 0.441. The van der Waals surface area contributed by atoms with Crippen molar-refractivity contribution < 1.29 is 0 Å². The van der Waals surface area contributed by atoms with Crippen LogP contribution in [0.5, 0.6) is 0 Å². The van der Waals surface area contributed by atoms with Gasteiger partial charge in [-0.2, -0.15) is 0 Å². The zero-order chi connectivity index (χ0) is 45.6. The largest absolute Gasteiger partial charge is 0.403 e. The van der Waals surface area contributed by atoms with Crippen LogP contribution in [0.3, 0.4) is 0 Å². The SMILES string of the molecule is CCC(C)N(c1ccccc1)[Si](CC[SiH2][SiH](CC[SiH3])N(c1ccccc1)C1CCCC1)(N(C)C)[SiH](CC[SiH3])N(c1ccccc1)C1CCCCC1.CCN([SiH2]CC[SiH3])c1ccccc1. The summed E-state index contributed by atoms with van der Waals surface area (Å²) in [6, 6.07) is 60.2. The fraction of sp³-hybridized carbons (Fsp3) is 0.529. The molecule has 352 valence electrons. The fourth-order valence-electron chi connectivity index (χ4n) is 11.6. The van der Waals surface area contributed by atoms with Gasteiger partial charge in [0.25, 0.3) is 0 Å². The van der Waals surface area contributed by atoms with Crippen LogP contribution in [0.4, 0.5) is 22.7 Å². The molecule has 0 heterocycles. The summed E-state index contributed by atoms with van der Waals surface area (Å²) in [7, 11) is 4.02. The van der Waals surface area contributed by atoms with Crippen LogP contribution in [-0.4, -0.2) is 118 Å². The maximum absolute atomic E-state index is 3.21. The molecule has 2 fully saturated rings. The van der Waals surface area contributed by atoms with Crippen molar-refractivity contribution in [3.8, 4) is 0 Å². The van der Waals surface area contributed by atoms with E-state index < -0.39 is 24.9 Å². The molecule has 64 heavy (non-hydrogen) atoms. The van der Waals surface area contributed by atoms with E-state index >= 15 is 0 Å². The maximum Gasteiger partial charge on any atom is 0.239 e. The van der Waals surface area contributed by atoms with Crippen LogP contribution < -0.4 is 18.3 Å². The molecule has 2 saturated carbocycles. The average Bonchev–Trinajstić information content (AvgIpc) is 3.88. The molecule has 13 heteroatoms. The summed E-state index contributed by atoms with van der Waals surface area (Å²) >= 11 is 0. The van der Waals surface area contributed by atoms with Crippen molar-refractivity contribution in [1.82, 2.24) is 4.57 Å². The Labute approximate surface area is 410 Å². The van der Waals surface area contributed by atoms with E-state index in [0.717, 1.165) is 6.04 Å². The standard InChI is InChI=1S/C41H72N4Si6.C10H19NSi2/c1-5-36(2)45(41-28-16-9-17-29-41)51(42(3)4,50(34-31-47)44(39-22-12-7-13-23-39)40-24-14-8-15-25-40)35-32-48-49(33-30-46)43(38-26-18-19-27-38)37-20-10-6-11-21-37;1-2-11(13-9-8-12)10-6-4-3-5-7-10/h6-7,9-13,16-17,20-23,28-29,36,38,40,49-50H,5,8,14-15,18-19,24-27,30-35,48H2,1-4,46-47H3;3-7H,2,8-9,13H2,1,12H3. The summed E-state index contributed by atoms with van der Waals surface area (Å²) < 4.78 is 15.0. The lowest BCUT2D eigenvalue weighted by Gasteiger charge is -2.58. The smallest absolute Gasteiger partial charge is 0.239 e. The highest BCUT2D eigenvalue weighted by Crippen LogP contribution is 2.40. The van der Waals surface area contributed by atoms with Gasteiger partial charge in [0.1, 0.15) is 18.2 Å². The first-order chi connectivity index (χ1) is 31.3. The Hall–Kier alpha value is -2.22. The van der Waals surface area contributed by atoms with Gasteiger partial charge in [0, 0.05) is 87.2 Å². The van der Waals surface area contributed by atoms with Gasteiger partial charge in [0.15, 0.2) is 8.48 Å². The van der Waals surface area contributed by atoms with Crippen molar-refractivity contribution in [2.75, 3.05) is 38.9 Å². The Morgan fingerprint density at radius 3 is 1.53 bits per heavy atom. The van der Waals surface area contributed by atoms with Crippen LogP contribution in [0.2, 0.25) is 48.4 Å². The van der Waals surface area contributed by atoms with E-state index in [1.165, 1.54) is 155 Å². The Bertz CT molecular complexity index is 1790. The highest BCUT2D eigenvalue weighted by molar-refractivity contribution is 7.35. The molecule has 0 bridgehead atoms. The molecule has 4 aromatic rings. The van der Waals surface area contributed by atoms with Gasteiger partial charge in [-0.05, 0) is 133 Å². The summed E-state index contributed by atoms with van der Waals surface area (Å²) in [5.74, 6) is 0. The van der Waals surface area contributed by atoms with Crippen molar-refractivity contribution in [2.24, 2.45) is 0 Å². The fourth-order valence-corrected chi connectivity index (χ4v) is 54.4. The maximum atomic E-state index is 3.21. The lowest BCUT2D eigenvalue weighted by Crippen LogP contribution is -2.79. The van der Waals surface area contributed by atoms with Crippen LogP contribution in [0.15, 0.2) is 121 Å². The molecule has 2 aliphatic carbocycles. The zero-order valence-corrected chi connectivity index (χ0v) is 54.2. The van der Waals surface area contributed by atoms with E-state index in [1.54, 1.807) is 17.4 Å². The molecular weight excluding hydrogens is 907 g/mol. The van der Waals surface area contributed by atoms with Crippen LogP contribution in [0.25, 0.3) is 0 Å². The van der Waals surface area contributed by atoms with E-state index in [2.05, 4.69) is 179 Å². The molecule has 4 atom stereocenters. The second-order valence-corrected chi connectivity index (χ2v) is 43.1. The molecule has 0 spiro atoms. The van der Waals surface area contributed by atoms with E-state index in [0.29, 0.717) is 12.1 Å². The molecule has 0 aromatic heterocycles. The second-order valence-electron chi connectivity index (χ2n) is 19.4. The molecule has 5 nitrogen and oxygen atoms in total. The molecule has 0 aliphatic heterocycles. The van der Waals surface area contributed by atoms with Gasteiger partial charge in [-0.1, -0.05) is 136 Å². The van der Waals surface area contributed by atoms with Crippen LogP contribution in [0.1, 0.15) is 85.0 Å². The van der Waals surface area contributed by atoms with Crippen LogP contribution in [0, 0.1) is 0 Å². The zero-order valence-electron chi connectivity index (χ0n) is 42.0. The average molecular weight is 999 g/mol. The Morgan fingerprint density at radius 1 is 0.594 bits per heavy atom. The van der Waals surface area contributed by atoms with Crippen molar-refractivity contribution in [2.45, 2.75) is 151 Å². The summed E-state index contributed by atoms with van der Waals surface area (Å²) in [5, 5.41) is 0. The molecule has 0 radical (unpaired) electrons. The molecule has 4 unspecified atom stereocenters. The number of benzene rings is 4. The normalized spacial score (nSPS) is 17.4. The number of nitrogens with zero attached hydrogens (tertiary/aromatic N) is 5. The van der Waals surface area contributed by atoms with Crippen molar-refractivity contribution in [1.29, 1.82) is 0 Å². The Balaban J connectivity index is 0.000000508. The first-order valence-electron chi connectivity index (χ1n) is 26.3. The molecule has 0 amide bonds. The van der Waals surface area contributed by atoms with Gasteiger partial charge in [0.2, 0.25) is 7.91 Å². The minimum Gasteiger partial charge on any atom is -0.403 e. The molecule has 0 saturated heterocycles. The second kappa shape index (κ2) is 28.8. The van der Waals surface area contributed by atoms with Crippen molar-refractivity contribution in [3.63, 3.8) is 0 Å². The van der Waals surface area contributed by atoms with Gasteiger partial charge in [-0.3, -0.25) is 0 Å². The quantitative estimate of drug-likeness (QED) is 0.0637. The number of anilines is 4. The minimum absolute atomic E-state index is 0.00497. The summed E-state index contributed by atoms with van der Waals surface area (Å²) in [5.41, 5.74) is 6.04. The van der Waals surface area contributed by atoms with Crippen molar-refractivity contribution >= 4 is 97.1 Å². The van der Waals surface area contributed by atoms with Crippen LogP contribution >= 0.6 is 0 Å². The van der Waals surface area contributed by atoms with Crippen LogP contribution in [-0.2, 0) is 0 Å². The molecule has 0 N–H and O–H groups in total. The third-order valence-corrected chi connectivity index (χ3v) is 49.2. The van der Waals surface area contributed by atoms with Gasteiger partial charge >= 0.3 is 0 Å². The summed E-state index contributed by atoms with van der Waals surface area (Å²) in [6.45, 7) is 8.47. The molecular formula is C51H91N5Si8. The summed E-state index contributed by atoms with van der Waals surface area (Å²) in [6.07, 6.45) is 13.9. The van der Waals surface area contributed by atoms with Gasteiger partial charge in [0.05, 0.1) is 0 Å². The highest BCUT2D eigenvalue weighted by atomic mass is 29.2. The van der Waals surface area contributed by atoms with Gasteiger partial charge in [-0.25, -0.2) is 0 Å². The van der Waals surface area contributed by atoms with E-state index in [-0.39, 0.29) is 18.7 Å². The third-order valence-electron chi connectivity index (χ3n) is 14.9. The number of hydrogen-bond donors (Lipinski definition) is 0. The van der Waals surface area contributed by atoms with E-state index in [9.17, 15) is 0 Å². The molecule has 6 rings (SSSR count). The number of para-hydroxylation sites is 4. The summed E-state index contributed by atoms with van der Waals surface area (Å²) in [4.78, 5) is 0. The topological polar surface area (TPSA) is 16.2 Å². The lowest BCUT2D eigenvalue weighted by atomic mass is 9.95. The van der Waals surface area contributed by atoms with Crippen molar-refractivity contribution in [3.05, 3.63) is 121 Å². The van der Waals surface area contributed by atoms with E-state index in [1.807, 2.05) is 0 Å². The van der Waals surface area contributed by atoms with Gasteiger partial charge in [-0.15, -0.1) is 0 Å². The highest BCUT2D eigenvalue weighted by Gasteiger charge is 2.55. The molecule has 2 aliphatic rings. The number of rotatable bonds is 25. The predicted molar refractivity (Wildman–Crippen MR) is 314 cm³/mol. The first-order valence-corrected chi connectivity index (χ1v) is 43.0. The Morgan fingerprint density at radius 2 is 1.06 bits per heavy atom. The monoisotopic (exact) mass is 998 g/mol. The van der Waals surface area contributed by atoms with E-state index in [4.69, 9.17) is 0 Å². The van der Waals surface area contributed by atoms with Gasteiger partial charge < -0.3 is 22.8 Å². The third kappa shape index (κ3) is 14.4. The predicted octanol–water partition coefficient (Wildman–Crippen LogP) is 7.56.